The van der Waals surface area contributed by atoms with Crippen LogP contribution in [0.1, 0.15) is 18.4 Å². The number of nitrogens with zero attached hydrogens (tertiary/aromatic N) is 1. The number of rotatable bonds is 5. The summed E-state index contributed by atoms with van der Waals surface area (Å²) in [4.78, 5) is 6.26. The Balaban J connectivity index is 1.67. The number of fused-ring (bicyclic) bond motifs is 1. The zero-order chi connectivity index (χ0) is 17.3. The van der Waals surface area contributed by atoms with Crippen LogP contribution in [0.3, 0.4) is 0 Å². The van der Waals surface area contributed by atoms with E-state index in [1.807, 2.05) is 18.2 Å². The van der Waals surface area contributed by atoms with Gasteiger partial charge in [-0.05, 0) is 62.2 Å². The van der Waals surface area contributed by atoms with Gasteiger partial charge in [0, 0.05) is 23.6 Å². The van der Waals surface area contributed by atoms with E-state index in [0.29, 0.717) is 9.79 Å². The highest BCUT2D eigenvalue weighted by molar-refractivity contribution is 7.91. The second-order valence-electron chi connectivity index (χ2n) is 6.65. The van der Waals surface area contributed by atoms with Crippen LogP contribution in [0, 0.1) is 0 Å². The van der Waals surface area contributed by atoms with Crippen molar-refractivity contribution < 1.29 is 8.42 Å². The lowest BCUT2D eigenvalue weighted by Gasteiger charge is -2.14. The maximum atomic E-state index is 13.0. The van der Waals surface area contributed by atoms with Crippen molar-refractivity contribution in [1.29, 1.82) is 0 Å². The second-order valence-corrected chi connectivity index (χ2v) is 8.57. The fourth-order valence-corrected chi connectivity index (χ4v) is 4.98. The molecule has 0 bridgehead atoms. The number of sulfone groups is 1. The summed E-state index contributed by atoms with van der Waals surface area (Å²) < 4.78 is 25.9. The van der Waals surface area contributed by atoms with Gasteiger partial charge in [0.2, 0.25) is 9.84 Å². The predicted molar refractivity (Wildman–Crippen MR) is 99.6 cm³/mol. The van der Waals surface area contributed by atoms with E-state index < -0.39 is 9.84 Å². The summed E-state index contributed by atoms with van der Waals surface area (Å²) in [6.45, 7) is 3.40. The van der Waals surface area contributed by atoms with E-state index in [4.69, 9.17) is 0 Å². The Labute approximate surface area is 148 Å². The highest BCUT2D eigenvalue weighted by atomic mass is 32.2. The average Bonchev–Trinajstić information content (AvgIpc) is 3.30. The molecule has 0 saturated carbocycles. The number of aromatic nitrogens is 1. The van der Waals surface area contributed by atoms with Crippen LogP contribution in [0.25, 0.3) is 10.9 Å². The van der Waals surface area contributed by atoms with Gasteiger partial charge in [0.25, 0.3) is 0 Å². The van der Waals surface area contributed by atoms with Crippen LogP contribution in [0.2, 0.25) is 0 Å². The minimum atomic E-state index is -3.51. The van der Waals surface area contributed by atoms with Crippen LogP contribution in [-0.2, 0) is 16.3 Å². The lowest BCUT2D eigenvalue weighted by atomic mass is 10.1. The molecule has 4 rings (SSSR count). The standard InChI is InChI=1S/C20H22N2O2S/c23-25(24,17-6-2-1-3-7-17)20-15-21-19-9-8-16(14-18(19)20)10-13-22-11-4-5-12-22/h1-3,6-9,14-15,21H,4-5,10-13H2. The molecule has 0 spiro atoms. The molecule has 4 nitrogen and oxygen atoms in total. The highest BCUT2D eigenvalue weighted by Gasteiger charge is 2.21. The first-order valence-corrected chi connectivity index (χ1v) is 10.3. The fourth-order valence-electron chi connectivity index (χ4n) is 3.54. The van der Waals surface area contributed by atoms with Gasteiger partial charge in [-0.3, -0.25) is 0 Å². The zero-order valence-electron chi connectivity index (χ0n) is 14.1. The molecule has 0 amide bonds. The Morgan fingerprint density at radius 1 is 1.00 bits per heavy atom. The topological polar surface area (TPSA) is 53.2 Å². The molecule has 0 atom stereocenters. The average molecular weight is 354 g/mol. The zero-order valence-corrected chi connectivity index (χ0v) is 14.9. The molecule has 25 heavy (non-hydrogen) atoms. The summed E-state index contributed by atoms with van der Waals surface area (Å²) in [6.07, 6.45) is 5.13. The minimum absolute atomic E-state index is 0.332. The molecule has 0 radical (unpaired) electrons. The number of likely N-dealkylation sites (tertiary alicyclic amines) is 1. The van der Waals surface area contributed by atoms with E-state index in [0.717, 1.165) is 23.9 Å². The predicted octanol–water partition coefficient (Wildman–Crippen LogP) is 3.64. The number of hydrogen-bond acceptors (Lipinski definition) is 3. The Morgan fingerprint density at radius 2 is 1.76 bits per heavy atom. The lowest BCUT2D eigenvalue weighted by molar-refractivity contribution is 0.343. The third-order valence-electron chi connectivity index (χ3n) is 4.97. The lowest BCUT2D eigenvalue weighted by Crippen LogP contribution is -2.21. The van der Waals surface area contributed by atoms with Crippen LogP contribution < -0.4 is 0 Å². The van der Waals surface area contributed by atoms with Gasteiger partial charge in [0.15, 0.2) is 0 Å². The van der Waals surface area contributed by atoms with Gasteiger partial charge >= 0.3 is 0 Å². The molecule has 1 N–H and O–H groups in total. The largest absolute Gasteiger partial charge is 0.360 e. The summed E-state index contributed by atoms with van der Waals surface area (Å²) in [6, 6.07) is 14.7. The Kier molecular flexibility index (Phi) is 4.36. The number of nitrogens with one attached hydrogen (secondary N) is 1. The molecule has 1 aromatic heterocycles. The Bertz CT molecular complexity index is 971. The van der Waals surface area contributed by atoms with Crippen molar-refractivity contribution in [3.8, 4) is 0 Å². The van der Waals surface area contributed by atoms with Gasteiger partial charge in [0.05, 0.1) is 9.79 Å². The van der Waals surface area contributed by atoms with Gasteiger partial charge in [0.1, 0.15) is 0 Å². The molecule has 2 heterocycles. The molecule has 1 saturated heterocycles. The minimum Gasteiger partial charge on any atom is -0.360 e. The van der Waals surface area contributed by atoms with E-state index in [9.17, 15) is 8.42 Å². The molecule has 3 aromatic rings. The number of aromatic amines is 1. The summed E-state index contributed by atoms with van der Waals surface area (Å²) in [7, 11) is -3.51. The van der Waals surface area contributed by atoms with Crippen LogP contribution in [0.5, 0.6) is 0 Å². The fraction of sp³-hybridized carbons (Fsp3) is 0.300. The second kappa shape index (κ2) is 6.65. The van der Waals surface area contributed by atoms with Gasteiger partial charge in [-0.15, -0.1) is 0 Å². The van der Waals surface area contributed by atoms with Gasteiger partial charge in [-0.2, -0.15) is 0 Å². The van der Waals surface area contributed by atoms with E-state index in [2.05, 4.69) is 16.0 Å². The summed E-state index contributed by atoms with van der Waals surface area (Å²) in [5, 5.41) is 0.780. The van der Waals surface area contributed by atoms with Crippen molar-refractivity contribution in [3.05, 3.63) is 60.3 Å². The third kappa shape index (κ3) is 3.22. The van der Waals surface area contributed by atoms with E-state index in [1.54, 1.807) is 30.5 Å². The molecule has 1 fully saturated rings. The highest BCUT2D eigenvalue weighted by Crippen LogP contribution is 2.29. The van der Waals surface area contributed by atoms with Gasteiger partial charge < -0.3 is 9.88 Å². The van der Waals surface area contributed by atoms with Crippen molar-refractivity contribution in [2.75, 3.05) is 19.6 Å². The summed E-state index contributed by atoms with van der Waals surface area (Å²) >= 11 is 0. The normalized spacial score (nSPS) is 15.8. The third-order valence-corrected chi connectivity index (χ3v) is 6.78. The molecular weight excluding hydrogens is 332 g/mol. The monoisotopic (exact) mass is 354 g/mol. The van der Waals surface area contributed by atoms with E-state index in [1.165, 1.54) is 31.5 Å². The molecule has 0 aliphatic carbocycles. The molecule has 2 aromatic carbocycles. The molecule has 130 valence electrons. The van der Waals surface area contributed by atoms with Crippen molar-refractivity contribution in [2.24, 2.45) is 0 Å². The number of benzene rings is 2. The summed E-state index contributed by atoms with van der Waals surface area (Å²) in [5.74, 6) is 0. The SMILES string of the molecule is O=S(=O)(c1ccccc1)c1c[nH]c2ccc(CCN3CCCC3)cc12. The van der Waals surface area contributed by atoms with E-state index >= 15 is 0 Å². The Hall–Kier alpha value is -2.11. The molecule has 0 unspecified atom stereocenters. The van der Waals surface area contributed by atoms with Crippen LogP contribution in [-0.4, -0.2) is 37.9 Å². The molecule has 1 aliphatic rings. The van der Waals surface area contributed by atoms with E-state index in [-0.39, 0.29) is 0 Å². The molecule has 5 heteroatoms. The van der Waals surface area contributed by atoms with Crippen molar-refractivity contribution in [3.63, 3.8) is 0 Å². The first-order valence-electron chi connectivity index (χ1n) is 8.77. The van der Waals surface area contributed by atoms with Crippen LogP contribution in [0.4, 0.5) is 0 Å². The Morgan fingerprint density at radius 3 is 2.52 bits per heavy atom. The molecular formula is C20H22N2O2S. The quantitative estimate of drug-likeness (QED) is 0.761. The van der Waals surface area contributed by atoms with Gasteiger partial charge in [-0.25, -0.2) is 8.42 Å². The van der Waals surface area contributed by atoms with Crippen molar-refractivity contribution in [2.45, 2.75) is 29.1 Å². The molecule has 1 aliphatic heterocycles. The first kappa shape index (κ1) is 16.4. The smallest absolute Gasteiger partial charge is 0.208 e. The maximum absolute atomic E-state index is 13.0. The van der Waals surface area contributed by atoms with Crippen LogP contribution >= 0.6 is 0 Å². The van der Waals surface area contributed by atoms with Crippen LogP contribution in [0.15, 0.2) is 64.5 Å². The van der Waals surface area contributed by atoms with Crippen molar-refractivity contribution in [1.82, 2.24) is 9.88 Å². The number of H-pyrrole nitrogens is 1. The van der Waals surface area contributed by atoms with Crippen molar-refractivity contribution >= 4 is 20.7 Å². The first-order chi connectivity index (χ1) is 12.1. The summed E-state index contributed by atoms with van der Waals surface area (Å²) in [5.41, 5.74) is 2.04. The number of hydrogen-bond donors (Lipinski definition) is 1. The van der Waals surface area contributed by atoms with Gasteiger partial charge in [-0.1, -0.05) is 24.3 Å². The maximum Gasteiger partial charge on any atom is 0.208 e.